The molecule has 0 saturated carbocycles. The molecule has 1 aromatic carbocycles. The highest BCUT2D eigenvalue weighted by molar-refractivity contribution is 9.10. The topological polar surface area (TPSA) is 42.0 Å². The fourth-order valence-corrected chi connectivity index (χ4v) is 2.31. The van der Waals surface area contributed by atoms with Crippen molar-refractivity contribution in [3.05, 3.63) is 57.3 Å². The van der Waals surface area contributed by atoms with E-state index in [1.165, 1.54) is 5.56 Å². The van der Waals surface area contributed by atoms with E-state index in [1.807, 2.05) is 20.8 Å². The Bertz CT molecular complexity index is 598. The molecule has 0 aliphatic heterocycles. The summed E-state index contributed by atoms with van der Waals surface area (Å²) in [5.41, 5.74) is 4.74. The predicted octanol–water partition coefficient (Wildman–Crippen LogP) is 4.02. The highest BCUT2D eigenvalue weighted by atomic mass is 79.9. The number of halogens is 1. The first-order valence-electron chi connectivity index (χ1n) is 5.98. The Morgan fingerprint density at radius 3 is 2.32 bits per heavy atom. The van der Waals surface area contributed by atoms with E-state index in [1.54, 1.807) is 18.3 Å². The second-order valence-electron chi connectivity index (χ2n) is 4.60. The molecule has 0 saturated heterocycles. The summed E-state index contributed by atoms with van der Waals surface area (Å²) in [5, 5.41) is 2.95. The molecule has 0 aliphatic rings. The van der Waals surface area contributed by atoms with Gasteiger partial charge in [-0.15, -0.1) is 0 Å². The summed E-state index contributed by atoms with van der Waals surface area (Å²) < 4.78 is 0.715. The smallest absolute Gasteiger partial charge is 0.257 e. The van der Waals surface area contributed by atoms with Gasteiger partial charge in [0.2, 0.25) is 0 Å². The Morgan fingerprint density at radius 1 is 1.16 bits per heavy atom. The van der Waals surface area contributed by atoms with Gasteiger partial charge in [0.1, 0.15) is 4.60 Å². The van der Waals surface area contributed by atoms with E-state index < -0.39 is 0 Å². The number of amides is 1. The first-order chi connectivity index (χ1) is 8.97. The molecule has 0 bridgehead atoms. The van der Waals surface area contributed by atoms with Gasteiger partial charge in [0.25, 0.3) is 5.91 Å². The molecule has 1 amide bonds. The normalized spacial score (nSPS) is 10.3. The second-order valence-corrected chi connectivity index (χ2v) is 5.41. The van der Waals surface area contributed by atoms with E-state index in [0.717, 1.165) is 16.8 Å². The molecule has 98 valence electrons. The van der Waals surface area contributed by atoms with Gasteiger partial charge < -0.3 is 5.32 Å². The fraction of sp³-hybridized carbons (Fsp3) is 0.200. The molecule has 0 radical (unpaired) electrons. The van der Waals surface area contributed by atoms with Gasteiger partial charge in [-0.05, 0) is 60.0 Å². The van der Waals surface area contributed by atoms with E-state index in [0.29, 0.717) is 10.2 Å². The lowest BCUT2D eigenvalue weighted by molar-refractivity contribution is 0.102. The monoisotopic (exact) mass is 318 g/mol. The number of anilines is 1. The third-order valence-electron chi connectivity index (χ3n) is 2.91. The number of aromatic nitrogens is 1. The molecule has 2 rings (SSSR count). The van der Waals surface area contributed by atoms with E-state index in [9.17, 15) is 4.79 Å². The minimum atomic E-state index is -0.143. The maximum Gasteiger partial charge on any atom is 0.257 e. The molecule has 19 heavy (non-hydrogen) atoms. The van der Waals surface area contributed by atoms with Crippen molar-refractivity contribution >= 4 is 27.5 Å². The van der Waals surface area contributed by atoms with Crippen LogP contribution >= 0.6 is 15.9 Å². The lowest BCUT2D eigenvalue weighted by atomic mass is 10.0. The van der Waals surface area contributed by atoms with Crippen molar-refractivity contribution in [3.63, 3.8) is 0 Å². The van der Waals surface area contributed by atoms with Crippen LogP contribution in [0.5, 0.6) is 0 Å². The number of carbonyl (C=O) groups is 1. The molecule has 1 aromatic heterocycles. The molecule has 2 aromatic rings. The van der Waals surface area contributed by atoms with Gasteiger partial charge in [0.05, 0.1) is 5.56 Å². The molecule has 3 nitrogen and oxygen atoms in total. The van der Waals surface area contributed by atoms with Crippen molar-refractivity contribution in [2.24, 2.45) is 0 Å². The van der Waals surface area contributed by atoms with Crippen molar-refractivity contribution < 1.29 is 4.79 Å². The number of pyridine rings is 1. The van der Waals surface area contributed by atoms with Gasteiger partial charge in [-0.3, -0.25) is 4.79 Å². The third kappa shape index (κ3) is 3.20. The molecule has 0 aliphatic carbocycles. The lowest BCUT2D eigenvalue weighted by Gasteiger charge is -2.12. The average Bonchev–Trinajstić information content (AvgIpc) is 2.34. The van der Waals surface area contributed by atoms with Crippen LogP contribution < -0.4 is 5.32 Å². The summed E-state index contributed by atoms with van der Waals surface area (Å²) in [6, 6.07) is 7.61. The summed E-state index contributed by atoms with van der Waals surface area (Å²) in [5.74, 6) is -0.143. The van der Waals surface area contributed by atoms with Crippen LogP contribution in [0.25, 0.3) is 0 Å². The third-order valence-corrected chi connectivity index (χ3v) is 3.37. The van der Waals surface area contributed by atoms with Gasteiger partial charge in [0, 0.05) is 11.9 Å². The van der Waals surface area contributed by atoms with Crippen LogP contribution in [-0.4, -0.2) is 10.9 Å². The first-order valence-corrected chi connectivity index (χ1v) is 6.77. The van der Waals surface area contributed by atoms with Crippen LogP contribution in [0, 0.1) is 20.8 Å². The number of nitrogens with zero attached hydrogens (tertiary/aromatic N) is 1. The largest absolute Gasteiger partial charge is 0.321 e. The zero-order chi connectivity index (χ0) is 14.0. The summed E-state index contributed by atoms with van der Waals surface area (Å²) in [7, 11) is 0. The van der Waals surface area contributed by atoms with Crippen molar-refractivity contribution in [2.45, 2.75) is 20.8 Å². The van der Waals surface area contributed by atoms with Crippen molar-refractivity contribution in [3.8, 4) is 0 Å². The van der Waals surface area contributed by atoms with Crippen LogP contribution in [-0.2, 0) is 0 Å². The molecular formula is C15H15BrN2O. The second kappa shape index (κ2) is 5.53. The molecule has 1 heterocycles. The summed E-state index contributed by atoms with van der Waals surface area (Å²) in [4.78, 5) is 16.2. The zero-order valence-electron chi connectivity index (χ0n) is 11.1. The lowest BCUT2D eigenvalue weighted by Crippen LogP contribution is -2.14. The summed E-state index contributed by atoms with van der Waals surface area (Å²) in [6.07, 6.45) is 1.55. The van der Waals surface area contributed by atoms with Crippen molar-refractivity contribution in [1.82, 2.24) is 4.98 Å². The van der Waals surface area contributed by atoms with Crippen LogP contribution in [0.4, 0.5) is 5.69 Å². The van der Waals surface area contributed by atoms with Crippen LogP contribution in [0.15, 0.2) is 35.1 Å². The Morgan fingerprint density at radius 2 is 1.79 bits per heavy atom. The summed E-state index contributed by atoms with van der Waals surface area (Å²) in [6.45, 7) is 6.04. The Hall–Kier alpha value is -1.68. The Labute approximate surface area is 121 Å². The van der Waals surface area contributed by atoms with E-state index in [4.69, 9.17) is 0 Å². The number of benzene rings is 1. The first kappa shape index (κ1) is 13.7. The van der Waals surface area contributed by atoms with Gasteiger partial charge >= 0.3 is 0 Å². The molecular weight excluding hydrogens is 304 g/mol. The number of rotatable bonds is 2. The highest BCUT2D eigenvalue weighted by Gasteiger charge is 2.10. The maximum absolute atomic E-state index is 12.1. The van der Waals surface area contributed by atoms with Crippen LogP contribution in [0.3, 0.4) is 0 Å². The van der Waals surface area contributed by atoms with Gasteiger partial charge in [-0.25, -0.2) is 4.98 Å². The minimum absolute atomic E-state index is 0.143. The molecule has 0 spiro atoms. The number of nitrogens with one attached hydrogen (secondary N) is 1. The summed E-state index contributed by atoms with van der Waals surface area (Å²) >= 11 is 3.25. The number of hydrogen-bond acceptors (Lipinski definition) is 2. The standard InChI is InChI=1S/C15H15BrN2O/c1-9-6-10(2)14(11(3)7-9)18-15(19)12-4-5-13(16)17-8-12/h4-8H,1-3H3,(H,18,19). The maximum atomic E-state index is 12.1. The van der Waals surface area contributed by atoms with E-state index >= 15 is 0 Å². The van der Waals surface area contributed by atoms with Crippen LogP contribution in [0.2, 0.25) is 0 Å². The van der Waals surface area contributed by atoms with Gasteiger partial charge in [0.15, 0.2) is 0 Å². The Balaban J connectivity index is 2.26. The molecule has 0 unspecified atom stereocenters. The fourth-order valence-electron chi connectivity index (χ4n) is 2.07. The molecule has 1 N–H and O–H groups in total. The molecule has 0 fully saturated rings. The zero-order valence-corrected chi connectivity index (χ0v) is 12.7. The number of aryl methyl sites for hydroxylation is 3. The number of hydrogen-bond donors (Lipinski definition) is 1. The minimum Gasteiger partial charge on any atom is -0.321 e. The van der Waals surface area contributed by atoms with E-state index in [2.05, 4.69) is 38.4 Å². The molecule has 0 atom stereocenters. The SMILES string of the molecule is Cc1cc(C)c(NC(=O)c2ccc(Br)nc2)c(C)c1. The van der Waals surface area contributed by atoms with Crippen molar-refractivity contribution in [2.75, 3.05) is 5.32 Å². The predicted molar refractivity (Wildman–Crippen MR) is 80.5 cm³/mol. The quantitative estimate of drug-likeness (QED) is 0.850. The molecule has 4 heteroatoms. The average molecular weight is 319 g/mol. The highest BCUT2D eigenvalue weighted by Crippen LogP contribution is 2.22. The van der Waals surface area contributed by atoms with Gasteiger partial charge in [-0.1, -0.05) is 17.7 Å². The van der Waals surface area contributed by atoms with Gasteiger partial charge in [-0.2, -0.15) is 0 Å². The number of carbonyl (C=O) groups excluding carboxylic acids is 1. The van der Waals surface area contributed by atoms with Crippen LogP contribution in [0.1, 0.15) is 27.0 Å². The van der Waals surface area contributed by atoms with E-state index in [-0.39, 0.29) is 5.91 Å². The Kier molecular flexibility index (Phi) is 4.00. The van der Waals surface area contributed by atoms with Crippen molar-refractivity contribution in [1.29, 1.82) is 0 Å².